The van der Waals surface area contributed by atoms with E-state index in [4.69, 9.17) is 5.11 Å². The largest absolute Gasteiger partial charge is 0.464 e. The van der Waals surface area contributed by atoms with Crippen LogP contribution >= 0.6 is 0 Å². The van der Waals surface area contributed by atoms with Crippen LogP contribution in [0.4, 0.5) is 22.4 Å². The molecule has 0 aliphatic carbocycles. The Morgan fingerprint density at radius 1 is 1.41 bits per heavy atom. The van der Waals surface area contributed by atoms with Crippen LogP contribution < -0.4 is 0 Å². The predicted octanol–water partition coefficient (Wildman–Crippen LogP) is 4.15. The van der Waals surface area contributed by atoms with Gasteiger partial charge in [-0.25, -0.2) is 9.18 Å². The van der Waals surface area contributed by atoms with E-state index in [0.717, 1.165) is 23.6 Å². The Balaban J connectivity index is 2.73. The molecule has 4 nitrogen and oxygen atoms in total. The van der Waals surface area contributed by atoms with Gasteiger partial charge in [0.2, 0.25) is 0 Å². The molecule has 0 saturated carbocycles. The first-order chi connectivity index (χ1) is 10.3. The lowest BCUT2D eigenvalue weighted by molar-refractivity contribution is -0.140. The second-order valence-electron chi connectivity index (χ2n) is 4.57. The zero-order valence-electron chi connectivity index (χ0n) is 11.9. The van der Waals surface area contributed by atoms with Crippen LogP contribution in [0.2, 0.25) is 0 Å². The molecule has 1 aromatic rings. The number of carbonyl (C=O) groups is 1. The molecule has 8 heteroatoms. The lowest BCUT2D eigenvalue weighted by Gasteiger charge is -2.12. The maximum atomic E-state index is 13.4. The van der Waals surface area contributed by atoms with Crippen molar-refractivity contribution in [3.63, 3.8) is 0 Å². The topological polar surface area (TPSA) is 52.9 Å². The average molecular weight is 320 g/mol. The van der Waals surface area contributed by atoms with Gasteiger partial charge in [0.25, 0.3) is 0 Å². The molecular formula is C14H16F4N2O2. The minimum Gasteiger partial charge on any atom is -0.464 e. The summed E-state index contributed by atoms with van der Waals surface area (Å²) in [5, 5.41) is 13.5. The second kappa shape index (κ2) is 7.77. The predicted molar refractivity (Wildman–Crippen MR) is 73.2 cm³/mol. The molecule has 0 heterocycles. The Hall–Kier alpha value is -2.12. The minimum atomic E-state index is -4.74. The molecule has 0 unspecified atom stereocenters. The van der Waals surface area contributed by atoms with Gasteiger partial charge in [0, 0.05) is 19.2 Å². The van der Waals surface area contributed by atoms with Crippen molar-refractivity contribution >= 4 is 12.3 Å². The van der Waals surface area contributed by atoms with Crippen LogP contribution in [0.25, 0.3) is 0 Å². The summed E-state index contributed by atoms with van der Waals surface area (Å²) in [5.74, 6) is -1.36. The number of rotatable bonds is 6. The number of hydrogen-bond acceptors (Lipinski definition) is 2. The van der Waals surface area contributed by atoms with E-state index in [1.54, 1.807) is 0 Å². The number of hydrazone groups is 1. The summed E-state index contributed by atoms with van der Waals surface area (Å²) in [7, 11) is 0. The summed E-state index contributed by atoms with van der Waals surface area (Å²) in [4.78, 5) is 10.9. The zero-order valence-corrected chi connectivity index (χ0v) is 11.9. The van der Waals surface area contributed by atoms with E-state index in [-0.39, 0.29) is 18.5 Å². The first-order valence-corrected chi connectivity index (χ1v) is 6.64. The molecule has 0 atom stereocenters. The monoisotopic (exact) mass is 320 g/mol. The van der Waals surface area contributed by atoms with Crippen LogP contribution in [0.1, 0.15) is 30.9 Å². The molecule has 0 radical (unpaired) electrons. The van der Waals surface area contributed by atoms with E-state index < -0.39 is 23.7 Å². The van der Waals surface area contributed by atoms with Crippen molar-refractivity contribution in [3.8, 4) is 0 Å². The van der Waals surface area contributed by atoms with Crippen molar-refractivity contribution in [2.45, 2.75) is 32.4 Å². The van der Waals surface area contributed by atoms with Gasteiger partial charge in [0.1, 0.15) is 5.82 Å². The molecule has 0 aliphatic heterocycles. The van der Waals surface area contributed by atoms with E-state index in [0.29, 0.717) is 12.5 Å². The molecule has 0 saturated heterocycles. The number of alkyl halides is 3. The van der Waals surface area contributed by atoms with Gasteiger partial charge in [-0.2, -0.15) is 23.3 Å². The fraction of sp³-hybridized carbons (Fsp3) is 0.429. The van der Waals surface area contributed by atoms with Crippen molar-refractivity contribution < 1.29 is 27.5 Å². The van der Waals surface area contributed by atoms with E-state index in [9.17, 15) is 22.4 Å². The van der Waals surface area contributed by atoms with Crippen LogP contribution in [0.5, 0.6) is 0 Å². The number of nitrogens with zero attached hydrogens (tertiary/aromatic N) is 2. The van der Waals surface area contributed by atoms with E-state index in [1.165, 1.54) is 6.21 Å². The van der Waals surface area contributed by atoms with Crippen molar-refractivity contribution in [3.05, 3.63) is 35.1 Å². The quantitative estimate of drug-likeness (QED) is 0.486. The number of hydrogen-bond donors (Lipinski definition) is 1. The highest BCUT2D eigenvalue weighted by atomic mass is 19.4. The molecule has 1 amide bonds. The number of benzene rings is 1. The molecule has 0 fully saturated rings. The average Bonchev–Trinajstić information content (AvgIpc) is 2.40. The summed E-state index contributed by atoms with van der Waals surface area (Å²) in [6, 6.07) is 2.56. The standard InChI is InChI=1S/C14H16F4N2O2/c1-2-3-8-20(13(21)22)19-7-6-10-4-5-11(12(15)9-10)14(16,17)18/h4-5,7,9H,2-3,6,8H2,1H3,(H,21,22). The maximum Gasteiger partial charge on any atom is 0.427 e. The summed E-state index contributed by atoms with van der Waals surface area (Å²) in [5.41, 5.74) is -1.06. The third-order valence-corrected chi connectivity index (χ3v) is 2.83. The third kappa shape index (κ3) is 5.34. The lowest BCUT2D eigenvalue weighted by Crippen LogP contribution is -2.25. The van der Waals surface area contributed by atoms with Gasteiger partial charge in [0.05, 0.1) is 5.56 Å². The molecule has 0 aromatic heterocycles. The van der Waals surface area contributed by atoms with Gasteiger partial charge in [-0.1, -0.05) is 19.4 Å². The van der Waals surface area contributed by atoms with Crippen LogP contribution in [-0.4, -0.2) is 29.0 Å². The number of carboxylic acid groups (broad SMARTS) is 1. The van der Waals surface area contributed by atoms with Crippen LogP contribution in [-0.2, 0) is 12.6 Å². The Kier molecular flexibility index (Phi) is 6.33. The highest BCUT2D eigenvalue weighted by molar-refractivity contribution is 5.68. The van der Waals surface area contributed by atoms with E-state index in [2.05, 4.69) is 5.10 Å². The van der Waals surface area contributed by atoms with Gasteiger partial charge in [-0.3, -0.25) is 0 Å². The molecule has 1 rings (SSSR count). The normalized spacial score (nSPS) is 11.9. The Morgan fingerprint density at radius 3 is 2.59 bits per heavy atom. The SMILES string of the molecule is CCCCN(N=CCc1ccc(C(F)(F)F)c(F)c1)C(=O)O. The second-order valence-corrected chi connectivity index (χ2v) is 4.57. The van der Waals surface area contributed by atoms with Crippen LogP contribution in [0, 0.1) is 5.82 Å². The van der Waals surface area contributed by atoms with Gasteiger partial charge >= 0.3 is 12.3 Å². The number of unbranched alkanes of at least 4 members (excludes halogenated alkanes) is 1. The molecule has 122 valence electrons. The first kappa shape index (κ1) is 17.9. The Labute approximate surface area is 125 Å². The molecule has 1 N–H and O–H groups in total. The van der Waals surface area contributed by atoms with Crippen LogP contribution in [0.15, 0.2) is 23.3 Å². The lowest BCUT2D eigenvalue weighted by atomic mass is 10.1. The van der Waals surface area contributed by atoms with Crippen molar-refractivity contribution in [1.82, 2.24) is 5.01 Å². The van der Waals surface area contributed by atoms with Crippen molar-refractivity contribution in [1.29, 1.82) is 0 Å². The maximum absolute atomic E-state index is 13.4. The fourth-order valence-corrected chi connectivity index (χ4v) is 1.67. The number of amides is 1. The van der Waals surface area contributed by atoms with Crippen molar-refractivity contribution in [2.24, 2.45) is 5.10 Å². The van der Waals surface area contributed by atoms with Gasteiger partial charge in [-0.05, 0) is 24.1 Å². The van der Waals surface area contributed by atoms with Gasteiger partial charge < -0.3 is 5.11 Å². The third-order valence-electron chi connectivity index (χ3n) is 2.83. The summed E-state index contributed by atoms with van der Waals surface area (Å²) < 4.78 is 50.6. The van der Waals surface area contributed by atoms with Gasteiger partial charge in [-0.15, -0.1) is 0 Å². The molecule has 0 aliphatic rings. The highest BCUT2D eigenvalue weighted by Crippen LogP contribution is 2.31. The zero-order chi connectivity index (χ0) is 16.8. The Bertz CT molecular complexity index is 544. The summed E-state index contributed by atoms with van der Waals surface area (Å²) in [6.07, 6.45) is -3.27. The summed E-state index contributed by atoms with van der Waals surface area (Å²) >= 11 is 0. The van der Waals surface area contributed by atoms with Gasteiger partial charge in [0.15, 0.2) is 0 Å². The molecule has 22 heavy (non-hydrogen) atoms. The highest BCUT2D eigenvalue weighted by Gasteiger charge is 2.33. The summed E-state index contributed by atoms with van der Waals surface area (Å²) in [6.45, 7) is 2.12. The fourth-order valence-electron chi connectivity index (χ4n) is 1.67. The number of halogens is 4. The van der Waals surface area contributed by atoms with Crippen LogP contribution in [0.3, 0.4) is 0 Å². The molecule has 0 bridgehead atoms. The molecule has 0 spiro atoms. The Morgan fingerprint density at radius 2 is 2.09 bits per heavy atom. The molecular weight excluding hydrogens is 304 g/mol. The minimum absolute atomic E-state index is 0.0327. The van der Waals surface area contributed by atoms with Crippen molar-refractivity contribution in [2.75, 3.05) is 6.54 Å². The molecule has 1 aromatic carbocycles. The smallest absolute Gasteiger partial charge is 0.427 e. The first-order valence-electron chi connectivity index (χ1n) is 6.64. The van der Waals surface area contributed by atoms with E-state index >= 15 is 0 Å². The van der Waals surface area contributed by atoms with E-state index in [1.807, 2.05) is 6.92 Å².